The van der Waals surface area contributed by atoms with Gasteiger partial charge in [-0.2, -0.15) is 10.4 Å². The molecule has 0 unspecified atom stereocenters. The van der Waals surface area contributed by atoms with E-state index in [4.69, 9.17) is 5.26 Å². The molecule has 0 bridgehead atoms. The molecule has 3 heterocycles. The van der Waals surface area contributed by atoms with E-state index >= 15 is 0 Å². The monoisotopic (exact) mass is 311 g/mol. The molecule has 1 saturated heterocycles. The summed E-state index contributed by atoms with van der Waals surface area (Å²) < 4.78 is 1.95. The SMILES string of the molecule is CN1CCC[C@@H](CNc2nccnc2C#N)[C@@H]1c1ccnn1C. The van der Waals surface area contributed by atoms with Gasteiger partial charge in [-0.1, -0.05) is 0 Å². The first-order chi connectivity index (χ1) is 11.2. The zero-order chi connectivity index (χ0) is 16.2. The maximum Gasteiger partial charge on any atom is 0.182 e. The number of likely N-dealkylation sites (tertiary alicyclic amines) is 1. The first kappa shape index (κ1) is 15.4. The smallest absolute Gasteiger partial charge is 0.182 e. The Hall–Kier alpha value is -2.46. The van der Waals surface area contributed by atoms with Crippen molar-refractivity contribution in [1.29, 1.82) is 5.26 Å². The second kappa shape index (κ2) is 6.75. The number of aromatic nitrogens is 4. The fraction of sp³-hybridized carbons (Fsp3) is 0.500. The number of rotatable bonds is 4. The van der Waals surface area contributed by atoms with Crippen LogP contribution in [0.1, 0.15) is 30.3 Å². The van der Waals surface area contributed by atoms with E-state index in [-0.39, 0.29) is 0 Å². The maximum absolute atomic E-state index is 9.12. The largest absolute Gasteiger partial charge is 0.367 e. The van der Waals surface area contributed by atoms with Crippen LogP contribution < -0.4 is 5.32 Å². The number of aryl methyl sites for hydroxylation is 1. The number of hydrogen-bond donors (Lipinski definition) is 1. The number of piperidine rings is 1. The highest BCUT2D eigenvalue weighted by molar-refractivity contribution is 5.46. The highest BCUT2D eigenvalue weighted by atomic mass is 15.3. The molecule has 2 atom stereocenters. The Morgan fingerprint density at radius 3 is 2.87 bits per heavy atom. The number of nitrogens with zero attached hydrogens (tertiary/aromatic N) is 6. The lowest BCUT2D eigenvalue weighted by atomic mass is 9.87. The quantitative estimate of drug-likeness (QED) is 0.923. The number of hydrogen-bond acceptors (Lipinski definition) is 6. The fourth-order valence-electron chi connectivity index (χ4n) is 3.39. The van der Waals surface area contributed by atoms with Crippen molar-refractivity contribution in [3.63, 3.8) is 0 Å². The van der Waals surface area contributed by atoms with E-state index in [2.05, 4.69) is 44.5 Å². The summed E-state index contributed by atoms with van der Waals surface area (Å²) in [6.07, 6.45) is 7.29. The van der Waals surface area contributed by atoms with Gasteiger partial charge >= 0.3 is 0 Å². The van der Waals surface area contributed by atoms with E-state index in [1.54, 1.807) is 6.20 Å². The summed E-state index contributed by atoms with van der Waals surface area (Å²) in [7, 11) is 4.14. The van der Waals surface area contributed by atoms with E-state index in [9.17, 15) is 0 Å². The zero-order valence-electron chi connectivity index (χ0n) is 13.5. The first-order valence-electron chi connectivity index (χ1n) is 7.84. The summed E-state index contributed by atoms with van der Waals surface area (Å²) in [4.78, 5) is 10.7. The van der Waals surface area contributed by atoms with Crippen LogP contribution in [-0.2, 0) is 7.05 Å². The topological polar surface area (TPSA) is 82.7 Å². The molecule has 7 heteroatoms. The third kappa shape index (κ3) is 3.17. The summed E-state index contributed by atoms with van der Waals surface area (Å²) >= 11 is 0. The van der Waals surface area contributed by atoms with Gasteiger partial charge < -0.3 is 5.32 Å². The van der Waals surface area contributed by atoms with Gasteiger partial charge in [0.25, 0.3) is 0 Å². The van der Waals surface area contributed by atoms with Crippen LogP contribution in [0.4, 0.5) is 5.82 Å². The molecule has 0 spiro atoms. The van der Waals surface area contributed by atoms with Gasteiger partial charge in [-0.25, -0.2) is 9.97 Å². The summed E-state index contributed by atoms with van der Waals surface area (Å²) in [5.74, 6) is 0.990. The van der Waals surface area contributed by atoms with Crippen molar-refractivity contribution in [2.45, 2.75) is 18.9 Å². The van der Waals surface area contributed by atoms with Crippen LogP contribution in [0.25, 0.3) is 0 Å². The Bertz CT molecular complexity index is 702. The Balaban J connectivity index is 1.77. The molecule has 7 nitrogen and oxygen atoms in total. The summed E-state index contributed by atoms with van der Waals surface area (Å²) in [5.41, 5.74) is 1.56. The van der Waals surface area contributed by atoms with Crippen molar-refractivity contribution in [3.05, 3.63) is 36.0 Å². The van der Waals surface area contributed by atoms with E-state index in [0.717, 1.165) is 19.5 Å². The van der Waals surface area contributed by atoms with Crippen LogP contribution in [0.2, 0.25) is 0 Å². The molecule has 23 heavy (non-hydrogen) atoms. The minimum atomic E-state index is 0.311. The number of nitriles is 1. The predicted octanol–water partition coefficient (Wildman–Crippen LogP) is 1.58. The molecule has 2 aromatic heterocycles. The molecule has 0 aliphatic carbocycles. The van der Waals surface area contributed by atoms with Gasteiger partial charge in [-0.3, -0.25) is 9.58 Å². The van der Waals surface area contributed by atoms with E-state index in [0.29, 0.717) is 23.5 Å². The lowest BCUT2D eigenvalue weighted by Gasteiger charge is -2.39. The Morgan fingerprint density at radius 1 is 1.30 bits per heavy atom. The molecule has 0 aromatic carbocycles. The standard InChI is InChI=1S/C16H21N7/c1-22-9-3-4-12(15(22)14-5-6-21-23(14)2)11-20-16-13(10-17)18-7-8-19-16/h5-8,12,15H,3-4,9,11H2,1-2H3,(H,19,20)/t12-,15+/m0/s1. The van der Waals surface area contributed by atoms with Crippen molar-refractivity contribution in [1.82, 2.24) is 24.6 Å². The molecular weight excluding hydrogens is 290 g/mol. The van der Waals surface area contributed by atoms with Crippen molar-refractivity contribution < 1.29 is 0 Å². The van der Waals surface area contributed by atoms with Gasteiger partial charge in [0.15, 0.2) is 11.5 Å². The third-order valence-electron chi connectivity index (χ3n) is 4.50. The molecule has 1 fully saturated rings. The van der Waals surface area contributed by atoms with Crippen LogP contribution in [0, 0.1) is 17.2 Å². The molecule has 2 aromatic rings. The normalized spacial score (nSPS) is 21.8. The second-order valence-electron chi connectivity index (χ2n) is 5.95. The lowest BCUT2D eigenvalue weighted by molar-refractivity contribution is 0.121. The lowest BCUT2D eigenvalue weighted by Crippen LogP contribution is -2.40. The molecule has 0 saturated carbocycles. The van der Waals surface area contributed by atoms with Gasteiger partial charge in [-0.05, 0) is 38.4 Å². The Morgan fingerprint density at radius 2 is 2.13 bits per heavy atom. The van der Waals surface area contributed by atoms with Crippen molar-refractivity contribution >= 4 is 5.82 Å². The van der Waals surface area contributed by atoms with Crippen LogP contribution in [-0.4, -0.2) is 44.8 Å². The number of nitrogens with one attached hydrogen (secondary N) is 1. The van der Waals surface area contributed by atoms with Crippen LogP contribution >= 0.6 is 0 Å². The zero-order valence-corrected chi connectivity index (χ0v) is 13.5. The van der Waals surface area contributed by atoms with E-state index in [1.165, 1.54) is 18.3 Å². The third-order valence-corrected chi connectivity index (χ3v) is 4.50. The van der Waals surface area contributed by atoms with Crippen LogP contribution in [0.5, 0.6) is 0 Å². The van der Waals surface area contributed by atoms with Crippen LogP contribution in [0.15, 0.2) is 24.7 Å². The minimum absolute atomic E-state index is 0.311. The summed E-state index contributed by atoms with van der Waals surface area (Å²) in [6, 6.07) is 4.48. The maximum atomic E-state index is 9.12. The molecule has 120 valence electrons. The van der Waals surface area contributed by atoms with E-state index in [1.807, 2.05) is 17.9 Å². The van der Waals surface area contributed by atoms with Crippen molar-refractivity contribution in [2.75, 3.05) is 25.5 Å². The van der Waals surface area contributed by atoms with Gasteiger partial charge in [-0.15, -0.1) is 0 Å². The fourth-order valence-corrected chi connectivity index (χ4v) is 3.39. The molecule has 1 N–H and O–H groups in total. The summed E-state index contributed by atoms with van der Waals surface area (Å²) in [6.45, 7) is 1.84. The predicted molar refractivity (Wildman–Crippen MR) is 86.5 cm³/mol. The Kier molecular flexibility index (Phi) is 4.53. The molecule has 0 radical (unpaired) electrons. The van der Waals surface area contributed by atoms with Gasteiger partial charge in [0, 0.05) is 32.2 Å². The number of anilines is 1. The average molecular weight is 311 g/mol. The molecule has 0 amide bonds. The highest BCUT2D eigenvalue weighted by Gasteiger charge is 2.32. The molecule has 3 rings (SSSR count). The van der Waals surface area contributed by atoms with Gasteiger partial charge in [0.1, 0.15) is 6.07 Å². The first-order valence-corrected chi connectivity index (χ1v) is 7.84. The molecule has 1 aliphatic heterocycles. The van der Waals surface area contributed by atoms with Crippen molar-refractivity contribution in [2.24, 2.45) is 13.0 Å². The molecular formula is C16H21N7. The highest BCUT2D eigenvalue weighted by Crippen LogP contribution is 2.34. The van der Waals surface area contributed by atoms with Gasteiger partial charge in [0.05, 0.1) is 11.7 Å². The van der Waals surface area contributed by atoms with Crippen LogP contribution in [0.3, 0.4) is 0 Å². The minimum Gasteiger partial charge on any atom is -0.367 e. The average Bonchev–Trinajstić information content (AvgIpc) is 2.99. The summed E-state index contributed by atoms with van der Waals surface area (Å²) in [5, 5.41) is 16.7. The second-order valence-corrected chi connectivity index (χ2v) is 5.95. The Labute approximate surface area is 136 Å². The van der Waals surface area contributed by atoms with Gasteiger partial charge in [0.2, 0.25) is 0 Å². The molecule has 1 aliphatic rings. The van der Waals surface area contributed by atoms with Crippen molar-refractivity contribution in [3.8, 4) is 6.07 Å². The van der Waals surface area contributed by atoms with E-state index < -0.39 is 0 Å².